The minimum Gasteiger partial charge on any atom is -0.480 e. The molecule has 9 heteroatoms. The fourth-order valence-corrected chi connectivity index (χ4v) is 1.40. The Morgan fingerprint density at radius 2 is 1.68 bits per heavy atom. The van der Waals surface area contributed by atoms with Crippen LogP contribution in [-0.4, -0.2) is 58.7 Å². The number of nitrogens with two attached hydrogens (primary N) is 2. The van der Waals surface area contributed by atoms with Crippen LogP contribution >= 0.6 is 0 Å². The van der Waals surface area contributed by atoms with E-state index in [0.29, 0.717) is 19.4 Å². The first-order chi connectivity index (χ1) is 8.85. The van der Waals surface area contributed by atoms with Gasteiger partial charge in [-0.3, -0.25) is 19.8 Å². The molecule has 0 bridgehead atoms. The summed E-state index contributed by atoms with van der Waals surface area (Å²) in [5, 5.41) is 18.0. The van der Waals surface area contributed by atoms with Crippen molar-refractivity contribution in [1.82, 2.24) is 10.4 Å². The van der Waals surface area contributed by atoms with Crippen molar-refractivity contribution in [2.75, 3.05) is 19.6 Å². The number of carboxylic acids is 2. The topological polar surface area (TPSA) is 159 Å². The van der Waals surface area contributed by atoms with Gasteiger partial charge in [0.15, 0.2) is 0 Å². The van der Waals surface area contributed by atoms with Crippen LogP contribution in [0.15, 0.2) is 0 Å². The summed E-state index contributed by atoms with van der Waals surface area (Å²) in [5.74, 6) is -3.00. The van der Waals surface area contributed by atoms with Crippen molar-refractivity contribution < 1.29 is 24.6 Å². The first-order valence-corrected chi connectivity index (χ1v) is 5.78. The summed E-state index contributed by atoms with van der Waals surface area (Å²) in [6.45, 7) is -0.731. The summed E-state index contributed by atoms with van der Waals surface area (Å²) in [6.07, 6.45) is 1.24. The minimum absolute atomic E-state index is 0.0181. The number of carboxylic acid groups (broad SMARTS) is 2. The average Bonchev–Trinajstić information content (AvgIpc) is 2.23. The fraction of sp³-hybridized carbons (Fsp3) is 0.700. The Morgan fingerprint density at radius 1 is 1.16 bits per heavy atom. The second-order valence-corrected chi connectivity index (χ2v) is 4.07. The Bertz CT molecular complexity index is 307. The number of rotatable bonds is 10. The number of carbonyl (C=O) groups excluding carboxylic acids is 1. The van der Waals surface area contributed by atoms with Crippen molar-refractivity contribution in [3.8, 4) is 0 Å². The van der Waals surface area contributed by atoms with Gasteiger partial charge in [-0.15, -0.1) is 0 Å². The van der Waals surface area contributed by atoms with Gasteiger partial charge in [-0.05, 0) is 19.4 Å². The van der Waals surface area contributed by atoms with E-state index < -0.39 is 30.9 Å². The monoisotopic (exact) mass is 276 g/mol. The Balaban J connectivity index is 4.21. The van der Waals surface area contributed by atoms with E-state index in [1.54, 1.807) is 0 Å². The highest BCUT2D eigenvalue weighted by molar-refractivity contribution is 5.78. The van der Waals surface area contributed by atoms with Gasteiger partial charge in [-0.25, -0.2) is 0 Å². The van der Waals surface area contributed by atoms with E-state index in [-0.39, 0.29) is 12.5 Å². The number of hydrazine groups is 1. The second kappa shape index (κ2) is 9.25. The maximum Gasteiger partial charge on any atom is 0.319 e. The molecule has 0 aromatic carbocycles. The number of nitrogens with one attached hydrogen (secondary N) is 1. The third-order valence-electron chi connectivity index (χ3n) is 2.16. The van der Waals surface area contributed by atoms with Gasteiger partial charge in [-0.2, -0.15) is 5.01 Å². The van der Waals surface area contributed by atoms with Crippen molar-refractivity contribution in [2.45, 2.75) is 25.3 Å². The lowest BCUT2D eigenvalue weighted by Crippen LogP contribution is -2.48. The summed E-state index contributed by atoms with van der Waals surface area (Å²) < 4.78 is 0. The van der Waals surface area contributed by atoms with Crippen LogP contribution in [0.4, 0.5) is 0 Å². The average molecular weight is 276 g/mol. The molecular weight excluding hydrogens is 256 g/mol. The van der Waals surface area contributed by atoms with Crippen LogP contribution in [0.3, 0.4) is 0 Å². The first kappa shape index (κ1) is 17.3. The molecule has 0 spiro atoms. The van der Waals surface area contributed by atoms with E-state index in [1.807, 2.05) is 0 Å². The summed E-state index contributed by atoms with van der Waals surface area (Å²) in [5.41, 5.74) is 13.2. The molecule has 0 aromatic heterocycles. The predicted molar refractivity (Wildman–Crippen MR) is 65.9 cm³/mol. The van der Waals surface area contributed by atoms with Gasteiger partial charge in [0.2, 0.25) is 5.91 Å². The summed E-state index contributed by atoms with van der Waals surface area (Å²) >= 11 is 0. The third kappa shape index (κ3) is 9.94. The Morgan fingerprint density at radius 3 is 2.11 bits per heavy atom. The van der Waals surface area contributed by atoms with Crippen LogP contribution in [0.1, 0.15) is 19.3 Å². The van der Waals surface area contributed by atoms with E-state index in [2.05, 4.69) is 5.43 Å². The lowest BCUT2D eigenvalue weighted by atomic mass is 10.1. The van der Waals surface area contributed by atoms with Gasteiger partial charge in [0.25, 0.3) is 0 Å². The molecule has 0 unspecified atom stereocenters. The van der Waals surface area contributed by atoms with Crippen molar-refractivity contribution in [1.29, 1.82) is 0 Å². The van der Waals surface area contributed by atoms with Crippen LogP contribution < -0.4 is 16.9 Å². The summed E-state index contributed by atoms with van der Waals surface area (Å²) in [4.78, 5) is 32.6. The van der Waals surface area contributed by atoms with E-state index in [1.165, 1.54) is 0 Å². The molecule has 0 aromatic rings. The van der Waals surface area contributed by atoms with Crippen molar-refractivity contribution in [3.63, 3.8) is 0 Å². The largest absolute Gasteiger partial charge is 0.480 e. The smallest absolute Gasteiger partial charge is 0.319 e. The van der Waals surface area contributed by atoms with Crippen LogP contribution in [0.25, 0.3) is 0 Å². The molecule has 0 radical (unpaired) electrons. The fourth-order valence-electron chi connectivity index (χ4n) is 1.40. The summed E-state index contributed by atoms with van der Waals surface area (Å²) in [6, 6.07) is -0.389. The van der Waals surface area contributed by atoms with Gasteiger partial charge >= 0.3 is 11.9 Å². The second-order valence-electron chi connectivity index (χ2n) is 4.07. The highest BCUT2D eigenvalue weighted by Crippen LogP contribution is 1.98. The summed E-state index contributed by atoms with van der Waals surface area (Å²) in [7, 11) is 0. The quantitative estimate of drug-likeness (QED) is 0.285. The molecule has 0 rings (SSSR count). The molecule has 0 fully saturated rings. The number of nitrogens with zero attached hydrogens (tertiary/aromatic N) is 1. The lowest BCUT2D eigenvalue weighted by molar-refractivity contribution is -0.144. The SMILES string of the molecule is NCCC[C@H](N)CC(=O)NN(CC(=O)O)CC(=O)O. The zero-order chi connectivity index (χ0) is 14.8. The van der Waals surface area contributed by atoms with Gasteiger partial charge in [0, 0.05) is 12.5 Å². The zero-order valence-electron chi connectivity index (χ0n) is 10.5. The molecule has 9 nitrogen and oxygen atoms in total. The molecule has 19 heavy (non-hydrogen) atoms. The third-order valence-corrected chi connectivity index (χ3v) is 2.16. The molecule has 0 aliphatic rings. The van der Waals surface area contributed by atoms with E-state index in [9.17, 15) is 14.4 Å². The number of amides is 1. The molecule has 1 atom stereocenters. The molecular formula is C10H20N4O5. The van der Waals surface area contributed by atoms with Gasteiger partial charge < -0.3 is 21.7 Å². The van der Waals surface area contributed by atoms with Crippen LogP contribution in [-0.2, 0) is 14.4 Å². The maximum atomic E-state index is 11.5. The number of carbonyl (C=O) groups is 3. The van der Waals surface area contributed by atoms with Gasteiger partial charge in [0.05, 0.1) is 0 Å². The first-order valence-electron chi connectivity index (χ1n) is 5.78. The minimum atomic E-state index is -1.24. The standard InChI is InChI=1S/C10H20N4O5/c11-3-1-2-7(12)4-8(15)13-14(5-9(16)17)6-10(18)19/h7H,1-6,11-12H2,(H,13,15)(H,16,17)(H,18,19)/t7-/m0/s1. The molecule has 0 aliphatic heterocycles. The maximum absolute atomic E-state index is 11.5. The molecule has 1 amide bonds. The zero-order valence-corrected chi connectivity index (χ0v) is 10.5. The predicted octanol–water partition coefficient (Wildman–Crippen LogP) is -2.05. The number of aliphatic carboxylic acids is 2. The van der Waals surface area contributed by atoms with Crippen molar-refractivity contribution >= 4 is 17.8 Å². The molecule has 110 valence electrons. The Hall–Kier alpha value is -1.71. The molecule has 7 N–H and O–H groups in total. The number of hydrogen-bond acceptors (Lipinski definition) is 6. The molecule has 0 saturated carbocycles. The molecule has 0 heterocycles. The number of hydrogen-bond donors (Lipinski definition) is 5. The van der Waals surface area contributed by atoms with E-state index in [0.717, 1.165) is 5.01 Å². The van der Waals surface area contributed by atoms with E-state index in [4.69, 9.17) is 21.7 Å². The molecule has 0 saturated heterocycles. The highest BCUT2D eigenvalue weighted by Gasteiger charge is 2.17. The van der Waals surface area contributed by atoms with Crippen LogP contribution in [0.5, 0.6) is 0 Å². The normalized spacial score (nSPS) is 12.2. The van der Waals surface area contributed by atoms with Crippen molar-refractivity contribution in [3.05, 3.63) is 0 Å². The van der Waals surface area contributed by atoms with E-state index >= 15 is 0 Å². The van der Waals surface area contributed by atoms with Gasteiger partial charge in [0.1, 0.15) is 13.1 Å². The van der Waals surface area contributed by atoms with Crippen LogP contribution in [0, 0.1) is 0 Å². The Kier molecular flexibility index (Phi) is 8.42. The molecule has 0 aliphatic carbocycles. The van der Waals surface area contributed by atoms with Gasteiger partial charge in [-0.1, -0.05) is 0 Å². The Labute approximate surface area is 110 Å². The van der Waals surface area contributed by atoms with Crippen LogP contribution in [0.2, 0.25) is 0 Å². The lowest BCUT2D eigenvalue weighted by Gasteiger charge is -2.20. The van der Waals surface area contributed by atoms with Crippen molar-refractivity contribution in [2.24, 2.45) is 11.5 Å². The highest BCUT2D eigenvalue weighted by atomic mass is 16.4.